The second-order valence-corrected chi connectivity index (χ2v) is 4.47. The van der Waals surface area contributed by atoms with E-state index in [-0.39, 0.29) is 5.75 Å². The molecule has 0 fully saturated rings. The lowest BCUT2D eigenvalue weighted by Gasteiger charge is -2.04. The highest BCUT2D eigenvalue weighted by Crippen LogP contribution is 2.17. The molecule has 0 aliphatic rings. The smallest absolute Gasteiger partial charge is 0.372 e. The van der Waals surface area contributed by atoms with E-state index in [0.717, 1.165) is 23.3 Å². The van der Waals surface area contributed by atoms with E-state index < -0.39 is 24.2 Å². The monoisotopic (exact) mass is 305 g/mol. The van der Waals surface area contributed by atoms with Gasteiger partial charge in [-0.2, -0.15) is 0 Å². The zero-order valence-corrected chi connectivity index (χ0v) is 11.8. The van der Waals surface area contributed by atoms with Crippen LogP contribution in [0.4, 0.5) is 8.78 Å². The number of rotatable bonds is 5. The Morgan fingerprint density at radius 3 is 2.59 bits per heavy atom. The summed E-state index contributed by atoms with van der Waals surface area (Å²) in [6.07, 6.45) is 1.37. The molecule has 6 heteroatoms. The molecule has 0 N–H and O–H groups in total. The Labute approximate surface area is 126 Å². The third-order valence-corrected chi connectivity index (χ3v) is 2.67. The molecule has 0 amide bonds. The molecule has 0 unspecified atom stereocenters. The maximum absolute atomic E-state index is 13.3. The largest absolute Gasteiger partial charge is 0.479 e. The van der Waals surface area contributed by atoms with Gasteiger partial charge in [-0.1, -0.05) is 35.0 Å². The third kappa shape index (κ3) is 4.66. The molecule has 114 valence electrons. The molecule has 4 nitrogen and oxygen atoms in total. The van der Waals surface area contributed by atoms with Crippen LogP contribution in [0.3, 0.4) is 0 Å². The molecule has 2 aromatic carbocycles. The number of nitrogens with zero attached hydrogens (tertiary/aromatic N) is 1. The maximum atomic E-state index is 13.3. The van der Waals surface area contributed by atoms with Gasteiger partial charge in [0.1, 0.15) is 5.82 Å². The Hall–Kier alpha value is -2.76. The van der Waals surface area contributed by atoms with Gasteiger partial charge in [0.25, 0.3) is 0 Å². The van der Waals surface area contributed by atoms with Gasteiger partial charge in [-0.15, -0.1) is 0 Å². The summed E-state index contributed by atoms with van der Waals surface area (Å²) >= 11 is 0. The molecule has 0 aliphatic heterocycles. The lowest BCUT2D eigenvalue weighted by Crippen LogP contribution is -2.13. The lowest BCUT2D eigenvalue weighted by molar-refractivity contribution is -0.145. The minimum absolute atomic E-state index is 0.235. The van der Waals surface area contributed by atoms with Crippen molar-refractivity contribution in [1.82, 2.24) is 0 Å². The molecule has 0 atom stereocenters. The molecular weight excluding hydrogens is 292 g/mol. The van der Waals surface area contributed by atoms with Crippen LogP contribution in [0.25, 0.3) is 0 Å². The number of carbonyl (C=O) groups excluding carboxylic acids is 1. The van der Waals surface area contributed by atoms with E-state index in [4.69, 9.17) is 4.74 Å². The van der Waals surface area contributed by atoms with Crippen molar-refractivity contribution in [3.63, 3.8) is 0 Å². The Morgan fingerprint density at radius 1 is 1.18 bits per heavy atom. The average molecular weight is 305 g/mol. The zero-order chi connectivity index (χ0) is 15.9. The van der Waals surface area contributed by atoms with Crippen LogP contribution in [0.2, 0.25) is 0 Å². The van der Waals surface area contributed by atoms with Gasteiger partial charge in [0, 0.05) is 6.07 Å². The Kier molecular flexibility index (Phi) is 5.19. The second kappa shape index (κ2) is 7.31. The second-order valence-electron chi connectivity index (χ2n) is 4.47. The predicted molar refractivity (Wildman–Crippen MR) is 76.7 cm³/mol. The summed E-state index contributed by atoms with van der Waals surface area (Å²) in [6, 6.07) is 10.2. The van der Waals surface area contributed by atoms with Crippen molar-refractivity contribution in [2.75, 3.05) is 6.61 Å². The van der Waals surface area contributed by atoms with Crippen LogP contribution in [-0.2, 0) is 9.63 Å². The first-order chi connectivity index (χ1) is 10.5. The van der Waals surface area contributed by atoms with Gasteiger partial charge in [-0.25, -0.2) is 13.6 Å². The highest BCUT2D eigenvalue weighted by Gasteiger charge is 2.08. The van der Waals surface area contributed by atoms with Crippen molar-refractivity contribution in [3.05, 3.63) is 65.2 Å². The Bertz CT molecular complexity index is 684. The van der Waals surface area contributed by atoms with Crippen molar-refractivity contribution < 1.29 is 23.1 Å². The van der Waals surface area contributed by atoms with E-state index in [0.29, 0.717) is 6.07 Å². The van der Waals surface area contributed by atoms with Crippen LogP contribution < -0.4 is 4.74 Å². The fourth-order valence-corrected chi connectivity index (χ4v) is 1.55. The Morgan fingerprint density at radius 2 is 1.91 bits per heavy atom. The highest BCUT2D eigenvalue weighted by atomic mass is 19.1. The number of aryl methyl sites for hydroxylation is 1. The van der Waals surface area contributed by atoms with Crippen molar-refractivity contribution >= 4 is 12.2 Å². The first-order valence-corrected chi connectivity index (χ1v) is 6.42. The minimum Gasteiger partial charge on any atom is -0.479 e. The van der Waals surface area contributed by atoms with Gasteiger partial charge < -0.3 is 9.57 Å². The summed E-state index contributed by atoms with van der Waals surface area (Å²) in [4.78, 5) is 16.0. The molecule has 0 aromatic heterocycles. The van der Waals surface area contributed by atoms with Gasteiger partial charge >= 0.3 is 5.97 Å². The zero-order valence-electron chi connectivity index (χ0n) is 11.8. The third-order valence-electron chi connectivity index (χ3n) is 2.67. The molecule has 2 rings (SSSR count). The van der Waals surface area contributed by atoms with Crippen LogP contribution in [0.15, 0.2) is 47.6 Å². The summed E-state index contributed by atoms with van der Waals surface area (Å²) < 4.78 is 30.8. The molecule has 2 aromatic rings. The molecule has 0 saturated carbocycles. The van der Waals surface area contributed by atoms with Gasteiger partial charge in [0.05, 0.1) is 6.21 Å². The summed E-state index contributed by atoms with van der Waals surface area (Å²) in [5.74, 6) is -2.65. The number of hydrogen-bond acceptors (Lipinski definition) is 4. The van der Waals surface area contributed by atoms with Crippen LogP contribution in [-0.4, -0.2) is 18.8 Å². The highest BCUT2D eigenvalue weighted by molar-refractivity contribution is 5.80. The quantitative estimate of drug-likeness (QED) is 0.484. The number of halogens is 2. The summed E-state index contributed by atoms with van der Waals surface area (Å²) in [6.45, 7) is 1.42. The molecule has 0 spiro atoms. The van der Waals surface area contributed by atoms with E-state index in [1.165, 1.54) is 6.21 Å². The average Bonchev–Trinajstić information content (AvgIpc) is 2.48. The first-order valence-electron chi connectivity index (χ1n) is 6.42. The van der Waals surface area contributed by atoms with Crippen LogP contribution in [0.1, 0.15) is 11.1 Å². The Balaban J connectivity index is 1.81. The van der Waals surface area contributed by atoms with Crippen molar-refractivity contribution in [2.45, 2.75) is 6.92 Å². The molecule has 0 saturated heterocycles. The predicted octanol–water partition coefficient (Wildman–Crippen LogP) is 3.23. The van der Waals surface area contributed by atoms with E-state index in [1.807, 2.05) is 31.2 Å². The summed E-state index contributed by atoms with van der Waals surface area (Å²) in [7, 11) is 0. The standard InChI is InChI=1S/C16H13F2NO3/c1-11-2-4-12(5-3-11)9-19-22-16(20)10-21-15-7-6-13(17)8-14(15)18/h2-9H,10H2,1H3. The van der Waals surface area contributed by atoms with E-state index in [1.54, 1.807) is 0 Å². The van der Waals surface area contributed by atoms with E-state index in [9.17, 15) is 13.6 Å². The fourth-order valence-electron chi connectivity index (χ4n) is 1.55. The van der Waals surface area contributed by atoms with Gasteiger partial charge in [-0.05, 0) is 24.6 Å². The van der Waals surface area contributed by atoms with E-state index >= 15 is 0 Å². The van der Waals surface area contributed by atoms with Crippen LogP contribution in [0.5, 0.6) is 5.75 Å². The normalized spacial score (nSPS) is 10.7. The molecule has 0 aliphatic carbocycles. The van der Waals surface area contributed by atoms with Gasteiger partial charge in [0.2, 0.25) is 0 Å². The number of hydrogen-bond donors (Lipinski definition) is 0. The number of ether oxygens (including phenoxy) is 1. The topological polar surface area (TPSA) is 47.9 Å². The number of oxime groups is 1. The minimum atomic E-state index is -0.893. The SMILES string of the molecule is Cc1ccc(C=NOC(=O)COc2ccc(F)cc2F)cc1. The molecule has 0 bridgehead atoms. The molecule has 22 heavy (non-hydrogen) atoms. The van der Waals surface area contributed by atoms with Gasteiger partial charge in [-0.3, -0.25) is 0 Å². The van der Waals surface area contributed by atoms with Crippen molar-refractivity contribution in [1.29, 1.82) is 0 Å². The van der Waals surface area contributed by atoms with Gasteiger partial charge in [0.15, 0.2) is 18.2 Å². The summed E-state index contributed by atoms with van der Waals surface area (Å²) in [5, 5.41) is 3.51. The number of benzene rings is 2. The van der Waals surface area contributed by atoms with E-state index in [2.05, 4.69) is 9.99 Å². The number of carbonyl (C=O) groups is 1. The fraction of sp³-hybridized carbons (Fsp3) is 0.125. The summed E-state index contributed by atoms with van der Waals surface area (Å²) in [5.41, 5.74) is 1.87. The lowest BCUT2D eigenvalue weighted by atomic mass is 10.2. The van der Waals surface area contributed by atoms with Crippen molar-refractivity contribution in [3.8, 4) is 5.75 Å². The maximum Gasteiger partial charge on any atom is 0.372 e. The van der Waals surface area contributed by atoms with Crippen LogP contribution >= 0.6 is 0 Å². The van der Waals surface area contributed by atoms with Crippen molar-refractivity contribution in [2.24, 2.45) is 5.16 Å². The molecule has 0 heterocycles. The molecular formula is C16H13F2NO3. The first kappa shape index (κ1) is 15.6. The van der Waals surface area contributed by atoms with Crippen LogP contribution in [0, 0.1) is 18.6 Å². The molecule has 0 radical (unpaired) electrons.